The van der Waals surface area contributed by atoms with Crippen molar-refractivity contribution in [3.8, 4) is 0 Å². The molecule has 1 unspecified atom stereocenters. The van der Waals surface area contributed by atoms with Gasteiger partial charge in [0.25, 0.3) is 0 Å². The third-order valence-corrected chi connectivity index (χ3v) is 3.91. The first-order chi connectivity index (χ1) is 7.66. The summed E-state index contributed by atoms with van der Waals surface area (Å²) in [6, 6.07) is 2.37. The van der Waals surface area contributed by atoms with Gasteiger partial charge >= 0.3 is 5.97 Å². The Balaban J connectivity index is 1.83. The van der Waals surface area contributed by atoms with E-state index < -0.39 is 5.97 Å². The van der Waals surface area contributed by atoms with Crippen molar-refractivity contribution < 1.29 is 9.90 Å². The molecule has 1 atom stereocenters. The van der Waals surface area contributed by atoms with E-state index in [1.165, 1.54) is 30.6 Å². The zero-order valence-electron chi connectivity index (χ0n) is 9.40. The topological polar surface area (TPSA) is 49.3 Å². The molecule has 1 aromatic heterocycles. The van der Waals surface area contributed by atoms with E-state index in [2.05, 4.69) is 12.2 Å². The summed E-state index contributed by atoms with van der Waals surface area (Å²) in [7, 11) is 0. The Morgan fingerprint density at radius 1 is 1.69 bits per heavy atom. The van der Waals surface area contributed by atoms with Crippen molar-refractivity contribution >= 4 is 17.3 Å². The maximum Gasteiger partial charge on any atom is 0.346 e. The second kappa shape index (κ2) is 4.97. The summed E-state index contributed by atoms with van der Waals surface area (Å²) in [6.45, 7) is 2.84. The highest BCUT2D eigenvalue weighted by Crippen LogP contribution is 2.33. The van der Waals surface area contributed by atoms with Crippen molar-refractivity contribution in [2.75, 3.05) is 0 Å². The molecular formula is C12H17NO2S. The molecule has 4 heteroatoms. The maximum absolute atomic E-state index is 10.9. The normalized spacial score (nSPS) is 17.3. The van der Waals surface area contributed by atoms with Crippen LogP contribution in [0.15, 0.2) is 11.4 Å². The second-order valence-corrected chi connectivity index (χ2v) is 5.46. The van der Waals surface area contributed by atoms with Crippen molar-refractivity contribution in [2.45, 2.75) is 38.8 Å². The largest absolute Gasteiger partial charge is 0.477 e. The van der Waals surface area contributed by atoms with E-state index in [1.54, 1.807) is 0 Å². The van der Waals surface area contributed by atoms with Crippen LogP contribution in [0.25, 0.3) is 0 Å². The molecule has 0 aromatic carbocycles. The van der Waals surface area contributed by atoms with Crippen LogP contribution in [0.4, 0.5) is 0 Å². The van der Waals surface area contributed by atoms with E-state index in [-0.39, 0.29) is 0 Å². The van der Waals surface area contributed by atoms with E-state index >= 15 is 0 Å². The number of rotatable bonds is 6. The molecule has 0 radical (unpaired) electrons. The van der Waals surface area contributed by atoms with E-state index in [0.717, 1.165) is 11.5 Å². The van der Waals surface area contributed by atoms with Crippen LogP contribution in [0, 0.1) is 5.92 Å². The van der Waals surface area contributed by atoms with Gasteiger partial charge in [-0.2, -0.15) is 0 Å². The average Bonchev–Trinajstić information content (AvgIpc) is 2.91. The SMILES string of the molecule is CC(CC1CC1)NCc1ccsc1C(=O)O. The van der Waals surface area contributed by atoms with Crippen molar-refractivity contribution in [2.24, 2.45) is 5.92 Å². The van der Waals surface area contributed by atoms with Crippen LogP contribution < -0.4 is 5.32 Å². The lowest BCUT2D eigenvalue weighted by atomic mass is 10.1. The molecule has 1 fully saturated rings. The Morgan fingerprint density at radius 2 is 2.44 bits per heavy atom. The number of carbonyl (C=O) groups is 1. The Hall–Kier alpha value is -0.870. The van der Waals surface area contributed by atoms with Crippen LogP contribution >= 0.6 is 11.3 Å². The number of thiophene rings is 1. The smallest absolute Gasteiger partial charge is 0.346 e. The van der Waals surface area contributed by atoms with Gasteiger partial charge in [-0.05, 0) is 36.3 Å². The van der Waals surface area contributed by atoms with Gasteiger partial charge < -0.3 is 10.4 Å². The van der Waals surface area contributed by atoms with Crippen molar-refractivity contribution in [3.05, 3.63) is 21.9 Å². The number of hydrogen-bond acceptors (Lipinski definition) is 3. The number of carboxylic acid groups (broad SMARTS) is 1. The minimum atomic E-state index is -0.818. The third kappa shape index (κ3) is 3.06. The Morgan fingerprint density at radius 3 is 3.06 bits per heavy atom. The summed E-state index contributed by atoms with van der Waals surface area (Å²) < 4.78 is 0. The Labute approximate surface area is 99.5 Å². The van der Waals surface area contributed by atoms with E-state index in [9.17, 15) is 4.79 Å². The lowest BCUT2D eigenvalue weighted by molar-refractivity contribution is 0.0701. The van der Waals surface area contributed by atoms with Crippen LogP contribution in [-0.4, -0.2) is 17.1 Å². The van der Waals surface area contributed by atoms with Crippen molar-refractivity contribution in [1.82, 2.24) is 5.32 Å². The zero-order chi connectivity index (χ0) is 11.5. The molecule has 0 amide bonds. The van der Waals surface area contributed by atoms with Gasteiger partial charge in [-0.25, -0.2) is 4.79 Å². The van der Waals surface area contributed by atoms with Gasteiger partial charge in [0.2, 0.25) is 0 Å². The van der Waals surface area contributed by atoms with E-state index in [0.29, 0.717) is 17.5 Å². The molecule has 0 saturated heterocycles. The van der Waals surface area contributed by atoms with Gasteiger partial charge in [-0.15, -0.1) is 11.3 Å². The summed E-state index contributed by atoms with van der Waals surface area (Å²) in [5.74, 6) is 0.0885. The third-order valence-electron chi connectivity index (χ3n) is 2.97. The highest BCUT2D eigenvalue weighted by atomic mass is 32.1. The predicted molar refractivity (Wildman–Crippen MR) is 64.9 cm³/mol. The van der Waals surface area contributed by atoms with Gasteiger partial charge in [0.05, 0.1) is 0 Å². The highest BCUT2D eigenvalue weighted by Gasteiger charge is 2.23. The molecule has 0 spiro atoms. The molecule has 2 rings (SSSR count). The van der Waals surface area contributed by atoms with Crippen LogP contribution in [0.5, 0.6) is 0 Å². The van der Waals surface area contributed by atoms with Gasteiger partial charge in [0.15, 0.2) is 0 Å². The van der Waals surface area contributed by atoms with Crippen LogP contribution in [0.2, 0.25) is 0 Å². The first kappa shape index (κ1) is 11.6. The molecule has 1 aliphatic carbocycles. The van der Waals surface area contributed by atoms with Crippen molar-refractivity contribution in [3.63, 3.8) is 0 Å². The quantitative estimate of drug-likeness (QED) is 0.802. The fourth-order valence-electron chi connectivity index (χ4n) is 1.88. The average molecular weight is 239 g/mol. The molecule has 88 valence electrons. The zero-order valence-corrected chi connectivity index (χ0v) is 10.2. The summed E-state index contributed by atoms with van der Waals surface area (Å²) in [5, 5.41) is 14.2. The van der Waals surface area contributed by atoms with E-state index in [4.69, 9.17) is 5.11 Å². The van der Waals surface area contributed by atoms with Gasteiger partial charge in [0, 0.05) is 12.6 Å². The molecule has 3 nitrogen and oxygen atoms in total. The second-order valence-electron chi connectivity index (χ2n) is 4.54. The molecule has 1 heterocycles. The molecular weight excluding hydrogens is 222 g/mol. The van der Waals surface area contributed by atoms with Gasteiger partial charge in [-0.1, -0.05) is 12.8 Å². The summed E-state index contributed by atoms with van der Waals surface area (Å²) in [6.07, 6.45) is 3.95. The fraction of sp³-hybridized carbons (Fsp3) is 0.583. The molecule has 1 aliphatic rings. The summed E-state index contributed by atoms with van der Waals surface area (Å²) in [5.41, 5.74) is 0.903. The molecule has 1 saturated carbocycles. The van der Waals surface area contributed by atoms with Gasteiger partial charge in [-0.3, -0.25) is 0 Å². The summed E-state index contributed by atoms with van der Waals surface area (Å²) >= 11 is 1.30. The van der Waals surface area contributed by atoms with E-state index in [1.807, 2.05) is 11.4 Å². The summed E-state index contributed by atoms with van der Waals surface area (Å²) in [4.78, 5) is 11.4. The first-order valence-electron chi connectivity index (χ1n) is 5.70. The Kier molecular flexibility index (Phi) is 3.61. The lowest BCUT2D eigenvalue weighted by Crippen LogP contribution is -2.26. The number of hydrogen-bond donors (Lipinski definition) is 2. The highest BCUT2D eigenvalue weighted by molar-refractivity contribution is 7.12. The van der Waals surface area contributed by atoms with Crippen LogP contribution in [0.1, 0.15) is 41.4 Å². The molecule has 1 aromatic rings. The van der Waals surface area contributed by atoms with Crippen LogP contribution in [0.3, 0.4) is 0 Å². The Bertz CT molecular complexity index is 371. The fourth-order valence-corrected chi connectivity index (χ4v) is 2.64. The number of aromatic carboxylic acids is 1. The standard InChI is InChI=1S/C12H17NO2S/c1-8(6-9-2-3-9)13-7-10-4-5-16-11(10)12(14)15/h4-5,8-9,13H,2-3,6-7H2,1H3,(H,14,15). The van der Waals surface area contributed by atoms with Crippen molar-refractivity contribution in [1.29, 1.82) is 0 Å². The molecule has 16 heavy (non-hydrogen) atoms. The minimum Gasteiger partial charge on any atom is -0.477 e. The molecule has 0 bridgehead atoms. The number of nitrogens with one attached hydrogen (secondary N) is 1. The monoisotopic (exact) mass is 239 g/mol. The van der Waals surface area contributed by atoms with Gasteiger partial charge in [0.1, 0.15) is 4.88 Å². The maximum atomic E-state index is 10.9. The predicted octanol–water partition coefficient (Wildman–Crippen LogP) is 2.72. The first-order valence-corrected chi connectivity index (χ1v) is 6.58. The lowest BCUT2D eigenvalue weighted by Gasteiger charge is -2.12. The number of carboxylic acids is 1. The molecule has 0 aliphatic heterocycles. The van der Waals surface area contributed by atoms with Crippen LogP contribution in [-0.2, 0) is 6.54 Å². The minimum absolute atomic E-state index is 0.464. The molecule has 2 N–H and O–H groups in total.